The zero-order chi connectivity index (χ0) is 22.5. The van der Waals surface area contributed by atoms with Crippen LogP contribution in [0.25, 0.3) is 0 Å². The first-order valence-corrected chi connectivity index (χ1v) is 11.2. The molecule has 1 aromatic carbocycles. The average molecular weight is 433 g/mol. The molecule has 2 aromatic heterocycles. The van der Waals surface area contributed by atoms with Crippen molar-refractivity contribution in [2.75, 3.05) is 37.6 Å². The summed E-state index contributed by atoms with van der Waals surface area (Å²) in [6, 6.07) is 14.1. The lowest BCUT2D eigenvalue weighted by molar-refractivity contribution is -0.131. The number of para-hydroxylation sites is 1. The minimum Gasteiger partial charge on any atom is -0.358 e. The maximum Gasteiger partial charge on any atom is 0.242 e. The fourth-order valence-corrected chi connectivity index (χ4v) is 4.28. The van der Waals surface area contributed by atoms with Gasteiger partial charge in [-0.15, -0.1) is 0 Å². The van der Waals surface area contributed by atoms with Crippen molar-refractivity contribution in [2.24, 2.45) is 7.05 Å². The Labute approximate surface area is 190 Å². The topological polar surface area (TPSA) is 57.5 Å². The number of aryl methyl sites for hydroxylation is 2. The zero-order valence-electron chi connectivity index (χ0n) is 19.2. The fraction of sp³-hybridized carbons (Fsp3) is 0.400. The predicted octanol–water partition coefficient (Wildman–Crippen LogP) is 2.78. The Morgan fingerprint density at radius 1 is 1.03 bits per heavy atom. The number of aromatic nitrogens is 3. The SMILES string of the molecule is Cc1nn(C)c(C)c1CN1CCN(C(=O)CN(Cc2cccnc2)c2ccccc2)CC1. The molecule has 0 radical (unpaired) electrons. The quantitative estimate of drug-likeness (QED) is 0.575. The molecule has 0 unspecified atom stereocenters. The molecule has 7 heteroatoms. The van der Waals surface area contributed by atoms with Gasteiger partial charge in [-0.1, -0.05) is 24.3 Å². The maximum atomic E-state index is 13.2. The molecular weight excluding hydrogens is 400 g/mol. The van der Waals surface area contributed by atoms with Crippen molar-refractivity contribution < 1.29 is 4.79 Å². The second-order valence-corrected chi connectivity index (χ2v) is 8.48. The van der Waals surface area contributed by atoms with E-state index in [0.29, 0.717) is 13.1 Å². The van der Waals surface area contributed by atoms with E-state index in [1.807, 2.05) is 47.1 Å². The first-order valence-electron chi connectivity index (χ1n) is 11.2. The standard InChI is InChI=1S/C25H32N6O/c1-20-24(21(2)28(3)27-20)18-29-12-14-30(15-13-29)25(32)19-31(23-9-5-4-6-10-23)17-22-8-7-11-26-16-22/h4-11,16H,12-15,17-19H2,1-3H3. The third kappa shape index (κ3) is 5.16. The van der Waals surface area contributed by atoms with E-state index in [9.17, 15) is 4.79 Å². The number of carbonyl (C=O) groups is 1. The van der Waals surface area contributed by atoms with Crippen LogP contribution in [0.4, 0.5) is 5.69 Å². The molecule has 7 nitrogen and oxygen atoms in total. The highest BCUT2D eigenvalue weighted by Crippen LogP contribution is 2.19. The summed E-state index contributed by atoms with van der Waals surface area (Å²) in [5, 5.41) is 4.53. The highest BCUT2D eigenvalue weighted by Gasteiger charge is 2.24. The Kier molecular flexibility index (Phi) is 6.85. The van der Waals surface area contributed by atoms with E-state index >= 15 is 0 Å². The Morgan fingerprint density at radius 2 is 1.78 bits per heavy atom. The van der Waals surface area contributed by atoms with Gasteiger partial charge in [-0.25, -0.2) is 0 Å². The van der Waals surface area contributed by atoms with Gasteiger partial charge < -0.3 is 9.80 Å². The zero-order valence-corrected chi connectivity index (χ0v) is 19.2. The van der Waals surface area contributed by atoms with E-state index in [-0.39, 0.29) is 5.91 Å². The van der Waals surface area contributed by atoms with Gasteiger partial charge in [-0.2, -0.15) is 5.10 Å². The van der Waals surface area contributed by atoms with Crippen LogP contribution in [0.3, 0.4) is 0 Å². The van der Waals surface area contributed by atoms with Crippen molar-refractivity contribution in [3.8, 4) is 0 Å². The Hall–Kier alpha value is -3.19. The number of amides is 1. The molecule has 1 fully saturated rings. The van der Waals surface area contributed by atoms with E-state index < -0.39 is 0 Å². The fourth-order valence-electron chi connectivity index (χ4n) is 4.28. The Bertz CT molecular complexity index is 1030. The van der Waals surface area contributed by atoms with Crippen molar-refractivity contribution in [1.82, 2.24) is 24.6 Å². The number of piperazine rings is 1. The van der Waals surface area contributed by atoms with Crippen LogP contribution in [0.5, 0.6) is 0 Å². The third-order valence-corrected chi connectivity index (χ3v) is 6.31. The number of rotatable bonds is 7. The summed E-state index contributed by atoms with van der Waals surface area (Å²) < 4.78 is 1.95. The smallest absolute Gasteiger partial charge is 0.242 e. The van der Waals surface area contributed by atoms with Crippen LogP contribution >= 0.6 is 0 Å². The summed E-state index contributed by atoms with van der Waals surface area (Å²) in [5.74, 6) is 0.172. The van der Waals surface area contributed by atoms with Crippen molar-refractivity contribution in [3.63, 3.8) is 0 Å². The first kappa shape index (κ1) is 22.0. The minimum absolute atomic E-state index is 0.172. The number of anilines is 1. The monoisotopic (exact) mass is 432 g/mol. The van der Waals surface area contributed by atoms with Gasteiger partial charge in [0.05, 0.1) is 12.2 Å². The average Bonchev–Trinajstić information content (AvgIpc) is 3.06. The molecule has 0 N–H and O–H groups in total. The first-order chi connectivity index (χ1) is 15.5. The summed E-state index contributed by atoms with van der Waals surface area (Å²) in [5.41, 5.74) is 5.76. The summed E-state index contributed by atoms with van der Waals surface area (Å²) in [4.78, 5) is 24.0. The van der Waals surface area contributed by atoms with Crippen molar-refractivity contribution >= 4 is 11.6 Å². The highest BCUT2D eigenvalue weighted by molar-refractivity contribution is 5.81. The van der Waals surface area contributed by atoms with Gasteiger partial charge in [0.25, 0.3) is 0 Å². The number of benzene rings is 1. The molecule has 0 atom stereocenters. The molecule has 0 aliphatic carbocycles. The number of pyridine rings is 1. The van der Waals surface area contributed by atoms with Crippen LogP contribution < -0.4 is 4.90 Å². The summed E-state index contributed by atoms with van der Waals surface area (Å²) in [6.07, 6.45) is 3.64. The van der Waals surface area contributed by atoms with Crippen molar-refractivity contribution in [1.29, 1.82) is 0 Å². The van der Waals surface area contributed by atoms with Crippen molar-refractivity contribution in [2.45, 2.75) is 26.9 Å². The molecule has 32 heavy (non-hydrogen) atoms. The van der Waals surface area contributed by atoms with E-state index in [1.54, 1.807) is 6.20 Å². The van der Waals surface area contributed by atoms with Gasteiger partial charge in [0, 0.05) is 75.7 Å². The summed E-state index contributed by atoms with van der Waals surface area (Å²) in [7, 11) is 1.99. The molecule has 4 rings (SSSR count). The minimum atomic E-state index is 0.172. The number of nitrogens with zero attached hydrogens (tertiary/aromatic N) is 6. The van der Waals surface area contributed by atoms with Gasteiger partial charge in [-0.05, 0) is 37.6 Å². The Morgan fingerprint density at radius 3 is 2.41 bits per heavy atom. The van der Waals surface area contributed by atoms with Gasteiger partial charge in [-0.3, -0.25) is 19.4 Å². The van der Waals surface area contributed by atoms with Crippen LogP contribution in [0.1, 0.15) is 22.5 Å². The van der Waals surface area contributed by atoms with Crippen LogP contribution in [0.2, 0.25) is 0 Å². The van der Waals surface area contributed by atoms with E-state index in [4.69, 9.17) is 0 Å². The lowest BCUT2D eigenvalue weighted by atomic mass is 10.1. The second-order valence-electron chi connectivity index (χ2n) is 8.48. The molecule has 0 saturated carbocycles. The molecule has 168 valence electrons. The van der Waals surface area contributed by atoms with Gasteiger partial charge in [0.15, 0.2) is 0 Å². The molecule has 0 spiro atoms. The van der Waals surface area contributed by atoms with Crippen LogP contribution in [-0.4, -0.2) is 63.2 Å². The van der Waals surface area contributed by atoms with Crippen molar-refractivity contribution in [3.05, 3.63) is 77.4 Å². The normalized spacial score (nSPS) is 14.5. The highest BCUT2D eigenvalue weighted by atomic mass is 16.2. The maximum absolute atomic E-state index is 13.2. The lowest BCUT2D eigenvalue weighted by Crippen LogP contribution is -2.51. The number of hydrogen-bond donors (Lipinski definition) is 0. The Balaban J connectivity index is 1.37. The molecule has 1 aliphatic heterocycles. The molecule has 0 bridgehead atoms. The molecule has 1 aliphatic rings. The van der Waals surface area contributed by atoms with Gasteiger partial charge in [0.2, 0.25) is 5.91 Å². The van der Waals surface area contributed by atoms with Crippen LogP contribution in [-0.2, 0) is 24.9 Å². The molecule has 3 aromatic rings. The molecular formula is C25H32N6O. The lowest BCUT2D eigenvalue weighted by Gasteiger charge is -2.36. The van der Waals surface area contributed by atoms with E-state index in [0.717, 1.165) is 49.7 Å². The molecule has 3 heterocycles. The van der Waals surface area contributed by atoms with E-state index in [2.05, 4.69) is 51.9 Å². The largest absolute Gasteiger partial charge is 0.358 e. The third-order valence-electron chi connectivity index (χ3n) is 6.31. The molecule has 1 amide bonds. The number of hydrogen-bond acceptors (Lipinski definition) is 5. The summed E-state index contributed by atoms with van der Waals surface area (Å²) in [6.45, 7) is 9.38. The van der Waals surface area contributed by atoms with Crippen LogP contribution in [0, 0.1) is 13.8 Å². The second kappa shape index (κ2) is 9.96. The van der Waals surface area contributed by atoms with Crippen LogP contribution in [0.15, 0.2) is 54.9 Å². The summed E-state index contributed by atoms with van der Waals surface area (Å²) >= 11 is 0. The van der Waals surface area contributed by atoms with Gasteiger partial charge in [0.1, 0.15) is 0 Å². The van der Waals surface area contributed by atoms with E-state index in [1.165, 1.54) is 11.3 Å². The number of carbonyl (C=O) groups excluding carboxylic acids is 1. The predicted molar refractivity (Wildman–Crippen MR) is 126 cm³/mol. The molecule has 1 saturated heterocycles. The van der Waals surface area contributed by atoms with Gasteiger partial charge >= 0.3 is 0 Å².